The molecule has 1 atom stereocenters. The standard InChI is InChI=1S/C31H39N3O6S/c1-22-13-15-25(16-14-22)34(41(37,38)26-17-18-27(39-6)28(19-26)40-7)21-29(35)33(20-24-11-9-8-10-12-24)23(2)30(36)32-31(3,4)5/h8-19,23H,20-21H2,1-7H3,(H,32,36). The summed E-state index contributed by atoms with van der Waals surface area (Å²) in [6.45, 7) is 8.69. The van der Waals surface area contributed by atoms with E-state index in [2.05, 4.69) is 5.32 Å². The Morgan fingerprint density at radius 2 is 1.51 bits per heavy atom. The molecule has 0 aliphatic carbocycles. The number of amides is 2. The maximum Gasteiger partial charge on any atom is 0.264 e. The molecule has 220 valence electrons. The van der Waals surface area contributed by atoms with Crippen molar-refractivity contribution in [3.63, 3.8) is 0 Å². The Morgan fingerprint density at radius 1 is 0.902 bits per heavy atom. The molecular weight excluding hydrogens is 542 g/mol. The lowest BCUT2D eigenvalue weighted by atomic mass is 10.1. The highest BCUT2D eigenvalue weighted by atomic mass is 32.2. The number of methoxy groups -OCH3 is 2. The van der Waals surface area contributed by atoms with Gasteiger partial charge >= 0.3 is 0 Å². The van der Waals surface area contributed by atoms with Crippen molar-refractivity contribution < 1.29 is 27.5 Å². The van der Waals surface area contributed by atoms with Crippen LogP contribution < -0.4 is 19.1 Å². The van der Waals surface area contributed by atoms with Gasteiger partial charge in [0, 0.05) is 18.2 Å². The molecule has 0 aliphatic rings. The van der Waals surface area contributed by atoms with Crippen LogP contribution in [0.3, 0.4) is 0 Å². The van der Waals surface area contributed by atoms with Gasteiger partial charge in [0.25, 0.3) is 10.0 Å². The number of ether oxygens (including phenoxy) is 2. The monoisotopic (exact) mass is 581 g/mol. The van der Waals surface area contributed by atoms with Crippen molar-refractivity contribution in [1.82, 2.24) is 10.2 Å². The van der Waals surface area contributed by atoms with Gasteiger partial charge in [-0.3, -0.25) is 13.9 Å². The summed E-state index contributed by atoms with van der Waals surface area (Å²) < 4.78 is 39.8. The fourth-order valence-electron chi connectivity index (χ4n) is 4.18. The molecule has 41 heavy (non-hydrogen) atoms. The van der Waals surface area contributed by atoms with Crippen molar-refractivity contribution in [3.8, 4) is 11.5 Å². The van der Waals surface area contributed by atoms with Crippen molar-refractivity contribution in [1.29, 1.82) is 0 Å². The van der Waals surface area contributed by atoms with Crippen LogP contribution in [0.1, 0.15) is 38.8 Å². The van der Waals surface area contributed by atoms with Gasteiger partial charge in [-0.05, 0) is 64.4 Å². The number of nitrogens with one attached hydrogen (secondary N) is 1. The predicted octanol–water partition coefficient (Wildman–Crippen LogP) is 4.54. The first-order valence-electron chi connectivity index (χ1n) is 13.2. The zero-order valence-corrected chi connectivity index (χ0v) is 25.5. The van der Waals surface area contributed by atoms with Gasteiger partial charge in [-0.25, -0.2) is 8.42 Å². The number of aryl methyl sites for hydroxylation is 1. The molecule has 0 aliphatic heterocycles. The van der Waals surface area contributed by atoms with Crippen LogP contribution in [0, 0.1) is 6.92 Å². The van der Waals surface area contributed by atoms with Gasteiger partial charge < -0.3 is 19.7 Å². The summed E-state index contributed by atoms with van der Waals surface area (Å²) in [7, 11) is -1.37. The van der Waals surface area contributed by atoms with Crippen LogP contribution in [0.4, 0.5) is 5.69 Å². The van der Waals surface area contributed by atoms with E-state index in [1.807, 2.05) is 58.0 Å². The van der Waals surface area contributed by atoms with Crippen molar-refractivity contribution in [2.45, 2.75) is 57.6 Å². The van der Waals surface area contributed by atoms with E-state index in [4.69, 9.17) is 9.47 Å². The summed E-state index contributed by atoms with van der Waals surface area (Å²) in [6, 6.07) is 19.5. The molecule has 3 aromatic rings. The topological polar surface area (TPSA) is 105 Å². The number of anilines is 1. The number of carbonyl (C=O) groups excluding carboxylic acids is 2. The van der Waals surface area contributed by atoms with E-state index >= 15 is 0 Å². The third kappa shape index (κ3) is 8.00. The average molecular weight is 582 g/mol. The molecule has 1 unspecified atom stereocenters. The number of rotatable bonds is 11. The third-order valence-corrected chi connectivity index (χ3v) is 8.17. The molecule has 0 spiro atoms. The lowest BCUT2D eigenvalue weighted by molar-refractivity contribution is -0.140. The quantitative estimate of drug-likeness (QED) is 0.357. The molecule has 0 radical (unpaired) electrons. The minimum atomic E-state index is -4.25. The summed E-state index contributed by atoms with van der Waals surface area (Å²) in [5.74, 6) is -0.263. The number of sulfonamides is 1. The number of nitrogens with zero attached hydrogens (tertiary/aromatic N) is 2. The van der Waals surface area contributed by atoms with E-state index < -0.39 is 34.1 Å². The fourth-order valence-corrected chi connectivity index (χ4v) is 5.61. The summed E-state index contributed by atoms with van der Waals surface area (Å²) in [6.07, 6.45) is 0. The van der Waals surface area contributed by atoms with E-state index in [1.165, 1.54) is 37.3 Å². The molecule has 0 bridgehead atoms. The molecule has 3 aromatic carbocycles. The van der Waals surface area contributed by atoms with E-state index in [0.717, 1.165) is 15.4 Å². The average Bonchev–Trinajstić information content (AvgIpc) is 2.93. The number of carbonyl (C=O) groups is 2. The molecule has 10 heteroatoms. The molecule has 0 heterocycles. The highest BCUT2D eigenvalue weighted by molar-refractivity contribution is 7.92. The summed E-state index contributed by atoms with van der Waals surface area (Å²) in [5, 5.41) is 2.92. The second kappa shape index (κ2) is 13.1. The largest absolute Gasteiger partial charge is 0.493 e. The smallest absolute Gasteiger partial charge is 0.264 e. The SMILES string of the molecule is COc1ccc(S(=O)(=O)N(CC(=O)N(Cc2ccccc2)C(C)C(=O)NC(C)(C)C)c2ccc(C)cc2)cc1OC. The molecular formula is C31H39N3O6S. The normalized spacial score (nSPS) is 12.3. The second-order valence-corrected chi connectivity index (χ2v) is 12.6. The van der Waals surface area contributed by atoms with E-state index in [0.29, 0.717) is 11.4 Å². The van der Waals surface area contributed by atoms with Gasteiger partial charge in [0.05, 0.1) is 24.8 Å². The molecule has 0 saturated heterocycles. The minimum Gasteiger partial charge on any atom is -0.493 e. The summed E-state index contributed by atoms with van der Waals surface area (Å²) >= 11 is 0. The predicted molar refractivity (Wildman–Crippen MR) is 160 cm³/mol. The zero-order chi connectivity index (χ0) is 30.4. The molecule has 0 saturated carbocycles. The van der Waals surface area contributed by atoms with Crippen LogP contribution in [-0.4, -0.2) is 57.5 Å². The third-order valence-electron chi connectivity index (χ3n) is 6.41. The molecule has 0 fully saturated rings. The Bertz CT molecular complexity index is 1450. The maximum absolute atomic E-state index is 14.1. The fraction of sp³-hybridized carbons (Fsp3) is 0.355. The first-order chi connectivity index (χ1) is 19.3. The van der Waals surface area contributed by atoms with Crippen molar-refractivity contribution in [2.75, 3.05) is 25.1 Å². The van der Waals surface area contributed by atoms with Crippen LogP contribution >= 0.6 is 0 Å². The Kier molecular flexibility index (Phi) is 10.0. The molecule has 9 nitrogen and oxygen atoms in total. The maximum atomic E-state index is 14.1. The van der Waals surface area contributed by atoms with E-state index in [9.17, 15) is 18.0 Å². The Balaban J connectivity index is 2.06. The number of hydrogen-bond acceptors (Lipinski definition) is 6. The Morgan fingerprint density at radius 3 is 2.07 bits per heavy atom. The highest BCUT2D eigenvalue weighted by Crippen LogP contribution is 2.32. The van der Waals surface area contributed by atoms with Gasteiger partial charge in [0.15, 0.2) is 11.5 Å². The molecule has 3 rings (SSSR count). The number of benzene rings is 3. The lowest BCUT2D eigenvalue weighted by Crippen LogP contribution is -2.54. The van der Waals surface area contributed by atoms with Gasteiger partial charge in [0.2, 0.25) is 11.8 Å². The van der Waals surface area contributed by atoms with Crippen LogP contribution in [0.15, 0.2) is 77.7 Å². The second-order valence-electron chi connectivity index (χ2n) is 10.8. The first kappa shape index (κ1) is 31.5. The van der Waals surface area contributed by atoms with Crippen LogP contribution in [0.25, 0.3) is 0 Å². The molecule has 2 amide bonds. The zero-order valence-electron chi connectivity index (χ0n) is 24.7. The first-order valence-corrected chi connectivity index (χ1v) is 14.7. The molecule has 1 N–H and O–H groups in total. The number of hydrogen-bond donors (Lipinski definition) is 1. The lowest BCUT2D eigenvalue weighted by Gasteiger charge is -2.33. The van der Waals surface area contributed by atoms with Crippen LogP contribution in [0.2, 0.25) is 0 Å². The highest BCUT2D eigenvalue weighted by Gasteiger charge is 2.33. The minimum absolute atomic E-state index is 0.0725. The van der Waals surface area contributed by atoms with E-state index in [1.54, 1.807) is 31.2 Å². The van der Waals surface area contributed by atoms with Crippen molar-refractivity contribution in [2.24, 2.45) is 0 Å². The van der Waals surface area contributed by atoms with Crippen LogP contribution in [-0.2, 0) is 26.2 Å². The van der Waals surface area contributed by atoms with Crippen molar-refractivity contribution >= 4 is 27.5 Å². The van der Waals surface area contributed by atoms with Gasteiger partial charge in [0.1, 0.15) is 12.6 Å². The summed E-state index contributed by atoms with van der Waals surface area (Å²) in [4.78, 5) is 28.5. The van der Waals surface area contributed by atoms with Gasteiger partial charge in [-0.15, -0.1) is 0 Å². The van der Waals surface area contributed by atoms with Crippen LogP contribution in [0.5, 0.6) is 11.5 Å². The molecule has 0 aromatic heterocycles. The van der Waals surface area contributed by atoms with Crippen molar-refractivity contribution in [3.05, 3.63) is 83.9 Å². The van der Waals surface area contributed by atoms with Gasteiger partial charge in [-0.1, -0.05) is 48.0 Å². The Labute approximate surface area is 243 Å². The summed E-state index contributed by atoms with van der Waals surface area (Å²) in [5.41, 5.74) is 1.53. The van der Waals surface area contributed by atoms with Gasteiger partial charge in [-0.2, -0.15) is 0 Å². The van der Waals surface area contributed by atoms with E-state index in [-0.39, 0.29) is 23.1 Å². The Hall–Kier alpha value is -4.05.